The van der Waals surface area contributed by atoms with E-state index in [1.54, 1.807) is 0 Å². The molecular formula is C23H23N5O. The Labute approximate surface area is 169 Å². The van der Waals surface area contributed by atoms with Crippen LogP contribution in [0.1, 0.15) is 28.1 Å². The fourth-order valence-corrected chi connectivity index (χ4v) is 3.44. The van der Waals surface area contributed by atoms with Gasteiger partial charge in [-0.3, -0.25) is 15.1 Å². The second-order valence-corrected chi connectivity index (χ2v) is 7.24. The monoisotopic (exact) mass is 385 g/mol. The topological polar surface area (TPSA) is 83.6 Å². The summed E-state index contributed by atoms with van der Waals surface area (Å²) in [5.74, 6) is 0.764. The summed E-state index contributed by atoms with van der Waals surface area (Å²) in [7, 11) is 0. The molecule has 0 amide bonds. The molecule has 4 aromatic rings. The molecule has 0 bridgehead atoms. The van der Waals surface area contributed by atoms with Crippen LogP contribution in [-0.2, 0) is 12.8 Å². The normalized spacial score (nSPS) is 11.0. The van der Waals surface area contributed by atoms with Crippen molar-refractivity contribution < 1.29 is 0 Å². The maximum Gasteiger partial charge on any atom is 0.255 e. The second kappa shape index (κ2) is 7.83. The lowest BCUT2D eigenvalue weighted by Crippen LogP contribution is -2.19. The van der Waals surface area contributed by atoms with Crippen LogP contribution in [0.15, 0.2) is 53.3 Å². The van der Waals surface area contributed by atoms with E-state index in [0.717, 1.165) is 28.6 Å². The molecule has 0 fully saturated rings. The predicted octanol–water partition coefficient (Wildman–Crippen LogP) is 4.17. The predicted molar refractivity (Wildman–Crippen MR) is 116 cm³/mol. The fraction of sp³-hybridized carbons (Fsp3) is 0.217. The minimum absolute atomic E-state index is 0.135. The van der Waals surface area contributed by atoms with E-state index in [0.29, 0.717) is 29.6 Å². The highest BCUT2D eigenvalue weighted by molar-refractivity contribution is 5.82. The van der Waals surface area contributed by atoms with Gasteiger partial charge in [0.2, 0.25) is 11.9 Å². The minimum atomic E-state index is -0.135. The summed E-state index contributed by atoms with van der Waals surface area (Å²) in [6, 6.07) is 16.2. The molecule has 0 aliphatic heterocycles. The van der Waals surface area contributed by atoms with Gasteiger partial charge >= 0.3 is 0 Å². The number of H-pyrrole nitrogens is 1. The molecule has 0 aliphatic carbocycles. The second-order valence-electron chi connectivity index (χ2n) is 7.24. The van der Waals surface area contributed by atoms with Crippen LogP contribution in [-0.4, -0.2) is 19.9 Å². The molecule has 6 heteroatoms. The van der Waals surface area contributed by atoms with Crippen LogP contribution in [0.25, 0.3) is 10.9 Å². The van der Waals surface area contributed by atoms with Gasteiger partial charge in [0, 0.05) is 16.6 Å². The SMILES string of the molecule is Cc1ccc2nc(Nc3nc(C)c(CCc4ccccc4)c(=O)[nH]3)nc(C)c2c1. The van der Waals surface area contributed by atoms with Crippen LogP contribution in [0.3, 0.4) is 0 Å². The molecular weight excluding hydrogens is 362 g/mol. The van der Waals surface area contributed by atoms with Crippen LogP contribution in [0.5, 0.6) is 0 Å². The highest BCUT2D eigenvalue weighted by Gasteiger charge is 2.11. The lowest BCUT2D eigenvalue weighted by Gasteiger charge is -2.10. The van der Waals surface area contributed by atoms with Gasteiger partial charge in [0.25, 0.3) is 5.56 Å². The van der Waals surface area contributed by atoms with E-state index in [-0.39, 0.29) is 5.56 Å². The molecule has 146 valence electrons. The zero-order chi connectivity index (χ0) is 20.4. The standard InChI is InChI=1S/C23H23N5O/c1-14-9-12-20-19(13-14)16(3)25-22(26-20)28-23-24-15(2)18(21(29)27-23)11-10-17-7-5-4-6-8-17/h4-9,12-13H,10-11H2,1-3H3,(H2,24,25,26,27,28,29). The zero-order valence-electron chi connectivity index (χ0n) is 16.8. The Morgan fingerprint density at radius 3 is 2.45 bits per heavy atom. The maximum atomic E-state index is 12.6. The van der Waals surface area contributed by atoms with Gasteiger partial charge in [-0.25, -0.2) is 15.0 Å². The third-order valence-electron chi connectivity index (χ3n) is 5.00. The van der Waals surface area contributed by atoms with Crippen molar-refractivity contribution in [3.8, 4) is 0 Å². The van der Waals surface area contributed by atoms with E-state index < -0.39 is 0 Å². The first-order chi connectivity index (χ1) is 14.0. The molecule has 0 saturated heterocycles. The fourth-order valence-electron chi connectivity index (χ4n) is 3.44. The van der Waals surface area contributed by atoms with Crippen molar-refractivity contribution in [2.75, 3.05) is 5.32 Å². The minimum Gasteiger partial charge on any atom is -0.294 e. The van der Waals surface area contributed by atoms with Crippen LogP contribution >= 0.6 is 0 Å². The van der Waals surface area contributed by atoms with E-state index in [2.05, 4.69) is 43.5 Å². The van der Waals surface area contributed by atoms with E-state index in [4.69, 9.17) is 0 Å². The summed E-state index contributed by atoms with van der Waals surface area (Å²) in [5, 5.41) is 4.06. The number of fused-ring (bicyclic) bond motifs is 1. The number of hydrogen-bond acceptors (Lipinski definition) is 5. The van der Waals surface area contributed by atoms with Crippen molar-refractivity contribution in [2.45, 2.75) is 33.6 Å². The van der Waals surface area contributed by atoms with Gasteiger partial charge in [0.1, 0.15) is 0 Å². The van der Waals surface area contributed by atoms with Gasteiger partial charge in [-0.15, -0.1) is 0 Å². The van der Waals surface area contributed by atoms with E-state index in [1.807, 2.05) is 51.1 Å². The number of aromatic nitrogens is 4. The van der Waals surface area contributed by atoms with Crippen molar-refractivity contribution >= 4 is 22.8 Å². The maximum absolute atomic E-state index is 12.6. The average Bonchev–Trinajstić information content (AvgIpc) is 2.69. The van der Waals surface area contributed by atoms with E-state index in [1.165, 1.54) is 5.56 Å². The summed E-state index contributed by atoms with van der Waals surface area (Å²) < 4.78 is 0. The summed E-state index contributed by atoms with van der Waals surface area (Å²) in [6.07, 6.45) is 1.44. The molecule has 0 unspecified atom stereocenters. The van der Waals surface area contributed by atoms with Gasteiger partial charge in [0.15, 0.2) is 0 Å². The third kappa shape index (κ3) is 4.16. The van der Waals surface area contributed by atoms with Crippen molar-refractivity contribution in [3.63, 3.8) is 0 Å². The van der Waals surface area contributed by atoms with Gasteiger partial charge < -0.3 is 0 Å². The summed E-state index contributed by atoms with van der Waals surface area (Å²) in [4.78, 5) is 29.0. The molecule has 0 radical (unpaired) electrons. The quantitative estimate of drug-likeness (QED) is 0.539. The Morgan fingerprint density at radius 2 is 1.69 bits per heavy atom. The lowest BCUT2D eigenvalue weighted by atomic mass is 10.0. The molecule has 2 aromatic heterocycles. The molecule has 4 rings (SSSR count). The number of nitrogens with one attached hydrogen (secondary N) is 2. The number of benzene rings is 2. The van der Waals surface area contributed by atoms with Crippen LogP contribution in [0.4, 0.5) is 11.9 Å². The van der Waals surface area contributed by atoms with Crippen molar-refractivity contribution in [3.05, 3.63) is 87.0 Å². The van der Waals surface area contributed by atoms with Gasteiger partial charge in [-0.1, -0.05) is 42.0 Å². The molecule has 2 N–H and O–H groups in total. The number of anilines is 2. The molecule has 2 heterocycles. The van der Waals surface area contributed by atoms with Crippen molar-refractivity contribution in [1.82, 2.24) is 19.9 Å². The molecule has 0 saturated carbocycles. The molecule has 2 aromatic carbocycles. The number of aromatic amines is 1. The highest BCUT2D eigenvalue weighted by atomic mass is 16.1. The Kier molecular flexibility index (Phi) is 5.08. The van der Waals surface area contributed by atoms with E-state index >= 15 is 0 Å². The van der Waals surface area contributed by atoms with Crippen molar-refractivity contribution in [1.29, 1.82) is 0 Å². The smallest absolute Gasteiger partial charge is 0.255 e. The number of aryl methyl sites for hydroxylation is 4. The summed E-state index contributed by atoms with van der Waals surface area (Å²) in [5.41, 5.74) is 5.36. The first-order valence-corrected chi connectivity index (χ1v) is 9.65. The number of rotatable bonds is 5. The molecule has 29 heavy (non-hydrogen) atoms. The van der Waals surface area contributed by atoms with Gasteiger partial charge in [-0.05, 0) is 51.3 Å². The molecule has 0 atom stereocenters. The third-order valence-corrected chi connectivity index (χ3v) is 5.00. The van der Waals surface area contributed by atoms with Gasteiger partial charge in [0.05, 0.1) is 11.2 Å². The van der Waals surface area contributed by atoms with Crippen molar-refractivity contribution in [2.24, 2.45) is 0 Å². The first-order valence-electron chi connectivity index (χ1n) is 9.65. The molecule has 0 aliphatic rings. The van der Waals surface area contributed by atoms with Crippen LogP contribution < -0.4 is 10.9 Å². The average molecular weight is 385 g/mol. The molecule has 0 spiro atoms. The van der Waals surface area contributed by atoms with Crippen LogP contribution in [0, 0.1) is 20.8 Å². The van der Waals surface area contributed by atoms with E-state index in [9.17, 15) is 4.79 Å². The van der Waals surface area contributed by atoms with Crippen LogP contribution in [0.2, 0.25) is 0 Å². The Hall–Kier alpha value is -3.54. The molecule has 6 nitrogen and oxygen atoms in total. The van der Waals surface area contributed by atoms with Gasteiger partial charge in [-0.2, -0.15) is 0 Å². The lowest BCUT2D eigenvalue weighted by molar-refractivity contribution is 0.892. The number of hydrogen-bond donors (Lipinski definition) is 2. The number of nitrogens with zero attached hydrogens (tertiary/aromatic N) is 3. The Bertz CT molecular complexity index is 1230. The Morgan fingerprint density at radius 1 is 0.897 bits per heavy atom. The summed E-state index contributed by atoms with van der Waals surface area (Å²) >= 11 is 0. The largest absolute Gasteiger partial charge is 0.294 e. The highest BCUT2D eigenvalue weighted by Crippen LogP contribution is 2.20. The Balaban J connectivity index is 1.57. The zero-order valence-corrected chi connectivity index (χ0v) is 16.8. The first kappa shape index (κ1) is 18.8. The summed E-state index contributed by atoms with van der Waals surface area (Å²) in [6.45, 7) is 5.85.